The summed E-state index contributed by atoms with van der Waals surface area (Å²) < 4.78 is 5.73. The van der Waals surface area contributed by atoms with Gasteiger partial charge >= 0.3 is 0 Å². The number of anilines is 2. The molecule has 1 aliphatic carbocycles. The monoisotopic (exact) mass is 551 g/mol. The maximum atomic E-state index is 12.5. The largest absolute Gasteiger partial charge is 0.484 e. The Kier molecular flexibility index (Phi) is 9.10. The fourth-order valence-corrected chi connectivity index (χ4v) is 5.97. The van der Waals surface area contributed by atoms with Gasteiger partial charge in [-0.3, -0.25) is 9.69 Å². The molecule has 0 aromatic heterocycles. The second-order valence-corrected chi connectivity index (χ2v) is 11.1. The number of carbonyl (C=O) groups is 1. The van der Waals surface area contributed by atoms with E-state index in [4.69, 9.17) is 27.9 Å². The summed E-state index contributed by atoms with van der Waals surface area (Å²) >= 11 is 13.0. The minimum atomic E-state index is -0.210. The zero-order valence-electron chi connectivity index (χ0n) is 21.7. The smallest absolute Gasteiger partial charge is 0.262 e. The maximum absolute atomic E-state index is 12.5. The zero-order chi connectivity index (χ0) is 26.3. The van der Waals surface area contributed by atoms with E-state index in [9.17, 15) is 4.79 Å². The summed E-state index contributed by atoms with van der Waals surface area (Å²) in [4.78, 5) is 17.2. The van der Waals surface area contributed by atoms with E-state index < -0.39 is 0 Å². The quantitative estimate of drug-likeness (QED) is 0.317. The Balaban J connectivity index is 1.08. The van der Waals surface area contributed by atoms with Gasteiger partial charge in [-0.2, -0.15) is 0 Å². The van der Waals surface area contributed by atoms with Crippen LogP contribution in [-0.4, -0.2) is 43.6 Å². The van der Waals surface area contributed by atoms with E-state index in [1.54, 1.807) is 0 Å². The molecule has 0 spiro atoms. The number of benzene rings is 3. The first kappa shape index (κ1) is 26.9. The van der Waals surface area contributed by atoms with Crippen molar-refractivity contribution in [3.63, 3.8) is 0 Å². The van der Waals surface area contributed by atoms with Crippen LogP contribution >= 0.6 is 23.2 Å². The lowest BCUT2D eigenvalue weighted by molar-refractivity contribution is -0.118. The second kappa shape index (κ2) is 12.9. The van der Waals surface area contributed by atoms with Gasteiger partial charge in [0.25, 0.3) is 5.91 Å². The standard InChI is InChI=1S/C31H35Cl2N3O2/c32-28-9-5-4-8-25(28)21-35-16-18-36(19-17-35)30-15-12-26(20-29(30)33)34-31(37)22-38-27-13-10-24(11-14-27)23-6-2-1-3-7-23/h4-5,8-15,20,23H,1-3,6-7,16-19,21-22H2,(H,34,37). The van der Waals surface area contributed by atoms with Crippen LogP contribution in [0, 0.1) is 0 Å². The van der Waals surface area contributed by atoms with Crippen LogP contribution in [0.3, 0.4) is 0 Å². The van der Waals surface area contributed by atoms with E-state index in [0.717, 1.165) is 49.0 Å². The first-order chi connectivity index (χ1) is 18.5. The zero-order valence-corrected chi connectivity index (χ0v) is 23.2. The van der Waals surface area contributed by atoms with Crippen LogP contribution in [0.5, 0.6) is 5.75 Å². The van der Waals surface area contributed by atoms with Crippen molar-refractivity contribution in [2.24, 2.45) is 0 Å². The van der Waals surface area contributed by atoms with Crippen molar-refractivity contribution in [3.05, 3.63) is 87.9 Å². The van der Waals surface area contributed by atoms with Crippen LogP contribution in [0.4, 0.5) is 11.4 Å². The molecule has 1 saturated heterocycles. The third kappa shape index (κ3) is 7.02. The summed E-state index contributed by atoms with van der Waals surface area (Å²) in [5.41, 5.74) is 4.17. The summed E-state index contributed by atoms with van der Waals surface area (Å²) in [7, 11) is 0. The second-order valence-electron chi connectivity index (χ2n) is 10.3. The molecular weight excluding hydrogens is 517 g/mol. The summed E-state index contributed by atoms with van der Waals surface area (Å²) in [5, 5.41) is 4.34. The highest BCUT2D eigenvalue weighted by molar-refractivity contribution is 6.33. The first-order valence-electron chi connectivity index (χ1n) is 13.6. The first-order valence-corrected chi connectivity index (χ1v) is 14.3. The molecule has 1 amide bonds. The molecule has 2 fully saturated rings. The van der Waals surface area contributed by atoms with Crippen molar-refractivity contribution >= 4 is 40.5 Å². The van der Waals surface area contributed by atoms with Gasteiger partial charge in [0.05, 0.1) is 10.7 Å². The molecule has 1 N–H and O–H groups in total. The van der Waals surface area contributed by atoms with Gasteiger partial charge in [0.2, 0.25) is 0 Å². The van der Waals surface area contributed by atoms with Crippen molar-refractivity contribution in [1.29, 1.82) is 0 Å². The highest BCUT2D eigenvalue weighted by atomic mass is 35.5. The third-order valence-electron chi connectivity index (χ3n) is 7.62. The molecule has 0 radical (unpaired) electrons. The lowest BCUT2D eigenvalue weighted by Crippen LogP contribution is -2.46. The minimum absolute atomic E-state index is 0.0461. The lowest BCUT2D eigenvalue weighted by Gasteiger charge is -2.36. The highest BCUT2D eigenvalue weighted by Gasteiger charge is 2.20. The molecule has 3 aromatic rings. The van der Waals surface area contributed by atoms with E-state index >= 15 is 0 Å². The average molecular weight is 553 g/mol. The molecule has 7 heteroatoms. The number of nitrogens with zero attached hydrogens (tertiary/aromatic N) is 2. The number of ether oxygens (including phenoxy) is 1. The molecule has 1 saturated carbocycles. The van der Waals surface area contributed by atoms with Crippen molar-refractivity contribution in [1.82, 2.24) is 4.90 Å². The van der Waals surface area contributed by atoms with E-state index in [0.29, 0.717) is 22.4 Å². The van der Waals surface area contributed by atoms with Crippen LogP contribution in [0.2, 0.25) is 10.0 Å². The number of piperazine rings is 1. The number of nitrogens with one attached hydrogen (secondary N) is 1. The van der Waals surface area contributed by atoms with Gasteiger partial charge in [-0.25, -0.2) is 0 Å². The van der Waals surface area contributed by atoms with Gasteiger partial charge in [0.1, 0.15) is 5.75 Å². The third-order valence-corrected chi connectivity index (χ3v) is 8.29. The molecule has 200 valence electrons. The molecule has 0 bridgehead atoms. The Labute approximate surface area is 235 Å². The number of rotatable bonds is 8. The van der Waals surface area contributed by atoms with Gasteiger partial charge in [0, 0.05) is 43.4 Å². The van der Waals surface area contributed by atoms with Gasteiger partial charge in [0.15, 0.2) is 6.61 Å². The average Bonchev–Trinajstić information content (AvgIpc) is 2.95. The van der Waals surface area contributed by atoms with E-state index in [1.165, 1.54) is 37.7 Å². The van der Waals surface area contributed by atoms with E-state index in [2.05, 4.69) is 33.3 Å². The van der Waals surface area contributed by atoms with Gasteiger partial charge in [-0.15, -0.1) is 0 Å². The Bertz CT molecular complexity index is 1220. The molecule has 0 unspecified atom stereocenters. The fourth-order valence-electron chi connectivity index (χ4n) is 5.47. The predicted molar refractivity (Wildman–Crippen MR) is 157 cm³/mol. The van der Waals surface area contributed by atoms with Crippen LogP contribution < -0.4 is 15.0 Å². The minimum Gasteiger partial charge on any atom is -0.484 e. The van der Waals surface area contributed by atoms with E-state index in [1.807, 2.05) is 48.5 Å². The van der Waals surface area contributed by atoms with Crippen LogP contribution in [0.15, 0.2) is 66.7 Å². The fraction of sp³-hybridized carbons (Fsp3) is 0.387. The highest BCUT2D eigenvalue weighted by Crippen LogP contribution is 2.33. The van der Waals surface area contributed by atoms with Crippen LogP contribution in [0.1, 0.15) is 49.1 Å². The van der Waals surface area contributed by atoms with Crippen molar-refractivity contribution in [2.45, 2.75) is 44.6 Å². The topological polar surface area (TPSA) is 44.8 Å². The summed E-state index contributed by atoms with van der Waals surface area (Å²) in [5.74, 6) is 1.16. The van der Waals surface area contributed by atoms with Crippen molar-refractivity contribution < 1.29 is 9.53 Å². The Morgan fingerprint density at radius 1 is 0.868 bits per heavy atom. The van der Waals surface area contributed by atoms with Crippen LogP contribution in [0.25, 0.3) is 0 Å². The normalized spacial score (nSPS) is 16.8. The van der Waals surface area contributed by atoms with Crippen molar-refractivity contribution in [2.75, 3.05) is 43.0 Å². The van der Waals surface area contributed by atoms with Crippen molar-refractivity contribution in [3.8, 4) is 5.75 Å². The number of hydrogen-bond acceptors (Lipinski definition) is 4. The summed E-state index contributed by atoms with van der Waals surface area (Å²) in [6.45, 7) is 4.42. The summed E-state index contributed by atoms with van der Waals surface area (Å²) in [6.07, 6.45) is 6.51. The lowest BCUT2D eigenvalue weighted by atomic mass is 9.84. The molecule has 2 aliphatic rings. The molecule has 3 aromatic carbocycles. The van der Waals surface area contributed by atoms with Gasteiger partial charge < -0.3 is 15.0 Å². The number of amides is 1. The Hall–Kier alpha value is -2.73. The molecule has 1 heterocycles. The molecule has 1 aliphatic heterocycles. The summed E-state index contributed by atoms with van der Waals surface area (Å²) in [6, 6.07) is 21.9. The van der Waals surface area contributed by atoms with Gasteiger partial charge in [-0.1, -0.05) is 72.8 Å². The number of halogens is 2. The SMILES string of the molecule is O=C(COc1ccc(C2CCCCC2)cc1)Nc1ccc(N2CCN(Cc3ccccc3Cl)CC2)c(Cl)c1. The molecule has 0 atom stereocenters. The Morgan fingerprint density at radius 2 is 1.61 bits per heavy atom. The molecule has 5 rings (SSSR count). The Morgan fingerprint density at radius 3 is 2.32 bits per heavy atom. The van der Waals surface area contributed by atoms with E-state index in [-0.39, 0.29) is 12.5 Å². The molecular formula is C31H35Cl2N3O2. The molecule has 38 heavy (non-hydrogen) atoms. The van der Waals surface area contributed by atoms with Gasteiger partial charge in [-0.05, 0) is 66.3 Å². The maximum Gasteiger partial charge on any atom is 0.262 e. The number of carbonyl (C=O) groups excluding carboxylic acids is 1. The number of hydrogen-bond donors (Lipinski definition) is 1. The van der Waals surface area contributed by atoms with Crippen LogP contribution in [-0.2, 0) is 11.3 Å². The molecule has 5 nitrogen and oxygen atoms in total. The predicted octanol–water partition coefficient (Wildman–Crippen LogP) is 7.38.